The standard InChI is InChI=1S/C18H24N2O4S/c1-14(13-25-18(24)15-8-4-2-5-9-15)17(23)20(12-16(21)22)19-10-6-3-7-11-19/h2,4-5,8-9,14H,3,6-7,10-13H2,1H3,(H,21,22)/t14-/m1/s1. The first-order valence-electron chi connectivity index (χ1n) is 8.49. The van der Waals surface area contributed by atoms with Crippen LogP contribution in [0.2, 0.25) is 0 Å². The molecule has 1 heterocycles. The van der Waals surface area contributed by atoms with Gasteiger partial charge < -0.3 is 5.11 Å². The topological polar surface area (TPSA) is 77.9 Å². The minimum absolute atomic E-state index is 0.0805. The molecule has 0 radical (unpaired) electrons. The Bertz CT molecular complexity index is 602. The van der Waals surface area contributed by atoms with Crippen LogP contribution in [0, 0.1) is 5.92 Å². The second-order valence-corrected chi connectivity index (χ2v) is 7.16. The number of amides is 1. The molecule has 1 aromatic rings. The first kappa shape index (κ1) is 19.5. The number of thioether (sulfide) groups is 1. The van der Waals surface area contributed by atoms with E-state index in [0.29, 0.717) is 24.4 Å². The summed E-state index contributed by atoms with van der Waals surface area (Å²) in [5.41, 5.74) is 0.602. The number of nitrogens with zero attached hydrogens (tertiary/aromatic N) is 2. The molecule has 1 aliphatic heterocycles. The number of carbonyl (C=O) groups is 3. The molecule has 7 heteroatoms. The van der Waals surface area contributed by atoms with Gasteiger partial charge >= 0.3 is 5.97 Å². The third-order valence-electron chi connectivity index (χ3n) is 4.11. The van der Waals surface area contributed by atoms with E-state index in [2.05, 4.69) is 0 Å². The van der Waals surface area contributed by atoms with Gasteiger partial charge in [-0.05, 0) is 12.8 Å². The fraction of sp³-hybridized carbons (Fsp3) is 0.500. The molecular formula is C18H24N2O4S. The normalized spacial score (nSPS) is 16.2. The fourth-order valence-electron chi connectivity index (χ4n) is 2.75. The van der Waals surface area contributed by atoms with Crippen LogP contribution < -0.4 is 0 Å². The zero-order chi connectivity index (χ0) is 18.2. The summed E-state index contributed by atoms with van der Waals surface area (Å²) < 4.78 is 0. The van der Waals surface area contributed by atoms with E-state index in [1.54, 1.807) is 31.2 Å². The lowest BCUT2D eigenvalue weighted by molar-refractivity contribution is -0.163. The summed E-state index contributed by atoms with van der Waals surface area (Å²) in [6.45, 7) is 2.80. The molecule has 1 N–H and O–H groups in total. The van der Waals surface area contributed by atoms with Crippen molar-refractivity contribution >= 4 is 28.8 Å². The number of hydrogen-bond acceptors (Lipinski definition) is 5. The number of hydrogen-bond donors (Lipinski definition) is 1. The van der Waals surface area contributed by atoms with Gasteiger partial charge in [0.1, 0.15) is 6.54 Å². The summed E-state index contributed by atoms with van der Waals surface area (Å²) >= 11 is 1.10. The summed E-state index contributed by atoms with van der Waals surface area (Å²) in [6.07, 6.45) is 3.01. The summed E-state index contributed by atoms with van der Waals surface area (Å²) in [5, 5.41) is 12.2. The van der Waals surface area contributed by atoms with Crippen LogP contribution in [0.3, 0.4) is 0 Å². The van der Waals surface area contributed by atoms with Crippen LogP contribution >= 0.6 is 11.8 Å². The van der Waals surface area contributed by atoms with Gasteiger partial charge in [-0.15, -0.1) is 0 Å². The van der Waals surface area contributed by atoms with Gasteiger partial charge in [0.15, 0.2) is 0 Å². The molecule has 0 spiro atoms. The highest BCUT2D eigenvalue weighted by Gasteiger charge is 2.29. The molecule has 0 unspecified atom stereocenters. The largest absolute Gasteiger partial charge is 0.480 e. The van der Waals surface area contributed by atoms with Crippen molar-refractivity contribution in [2.75, 3.05) is 25.4 Å². The molecule has 1 saturated heterocycles. The van der Waals surface area contributed by atoms with E-state index in [1.807, 2.05) is 11.1 Å². The van der Waals surface area contributed by atoms with Crippen molar-refractivity contribution < 1.29 is 19.5 Å². The number of piperidine rings is 1. The van der Waals surface area contributed by atoms with Gasteiger partial charge in [-0.3, -0.25) is 19.4 Å². The Morgan fingerprint density at radius 2 is 1.80 bits per heavy atom. The van der Waals surface area contributed by atoms with Gasteiger partial charge in [-0.2, -0.15) is 0 Å². The quantitative estimate of drug-likeness (QED) is 0.801. The van der Waals surface area contributed by atoms with E-state index in [1.165, 1.54) is 5.01 Å². The van der Waals surface area contributed by atoms with Gasteiger partial charge in [0.25, 0.3) is 0 Å². The molecule has 0 aromatic heterocycles. The smallest absolute Gasteiger partial charge is 0.324 e. The first-order chi connectivity index (χ1) is 12.0. The second kappa shape index (κ2) is 9.58. The van der Waals surface area contributed by atoms with Crippen LogP contribution in [0.5, 0.6) is 0 Å². The summed E-state index contributed by atoms with van der Waals surface area (Å²) in [5.74, 6) is -1.37. The molecule has 1 fully saturated rings. The lowest BCUT2D eigenvalue weighted by Gasteiger charge is -2.37. The van der Waals surface area contributed by atoms with Gasteiger partial charge in [-0.1, -0.05) is 55.4 Å². The molecule has 1 aromatic carbocycles. The Hall–Kier alpha value is -1.86. The van der Waals surface area contributed by atoms with Crippen LogP contribution in [0.25, 0.3) is 0 Å². The number of benzene rings is 1. The van der Waals surface area contributed by atoms with E-state index in [0.717, 1.165) is 31.0 Å². The number of carboxylic acids is 1. The predicted octanol–water partition coefficient (Wildman–Crippen LogP) is 2.51. The third kappa shape index (κ3) is 5.86. The highest BCUT2D eigenvalue weighted by Crippen LogP contribution is 2.19. The average molecular weight is 364 g/mol. The maximum Gasteiger partial charge on any atom is 0.324 e. The number of carboxylic acid groups (broad SMARTS) is 1. The molecule has 0 bridgehead atoms. The Kier molecular flexibility index (Phi) is 7.46. The van der Waals surface area contributed by atoms with E-state index >= 15 is 0 Å². The van der Waals surface area contributed by atoms with Gasteiger partial charge in [0, 0.05) is 30.3 Å². The fourth-order valence-corrected chi connectivity index (χ4v) is 3.59. The van der Waals surface area contributed by atoms with Gasteiger partial charge in [-0.25, -0.2) is 5.01 Å². The van der Waals surface area contributed by atoms with Gasteiger partial charge in [0.05, 0.1) is 0 Å². The van der Waals surface area contributed by atoms with E-state index < -0.39 is 11.9 Å². The Morgan fingerprint density at radius 3 is 2.40 bits per heavy atom. The minimum Gasteiger partial charge on any atom is -0.480 e. The van der Waals surface area contributed by atoms with Crippen molar-refractivity contribution in [1.82, 2.24) is 10.0 Å². The van der Waals surface area contributed by atoms with Crippen LogP contribution in [0.15, 0.2) is 30.3 Å². The minimum atomic E-state index is -1.03. The first-order valence-corrected chi connectivity index (χ1v) is 9.48. The zero-order valence-electron chi connectivity index (χ0n) is 14.4. The van der Waals surface area contributed by atoms with E-state index in [-0.39, 0.29) is 17.6 Å². The number of rotatable bonds is 7. The highest BCUT2D eigenvalue weighted by atomic mass is 32.2. The molecule has 0 aliphatic carbocycles. The SMILES string of the molecule is C[C@H](CSC(=O)c1ccccc1)C(=O)N(CC(=O)O)N1CCCCC1. The molecule has 136 valence electrons. The Balaban J connectivity index is 1.94. The van der Waals surface area contributed by atoms with E-state index in [4.69, 9.17) is 5.11 Å². The van der Waals surface area contributed by atoms with Crippen molar-refractivity contribution in [1.29, 1.82) is 0 Å². The molecule has 1 amide bonds. The molecule has 1 atom stereocenters. The molecule has 0 saturated carbocycles. The van der Waals surface area contributed by atoms with Crippen molar-refractivity contribution in [3.63, 3.8) is 0 Å². The lowest BCUT2D eigenvalue weighted by atomic mass is 10.1. The molecule has 2 rings (SSSR count). The third-order valence-corrected chi connectivity index (χ3v) is 5.27. The molecule has 6 nitrogen and oxygen atoms in total. The molecule has 1 aliphatic rings. The Labute approximate surface area is 152 Å². The monoisotopic (exact) mass is 364 g/mol. The van der Waals surface area contributed by atoms with Crippen LogP contribution in [0.1, 0.15) is 36.5 Å². The number of aliphatic carboxylic acids is 1. The van der Waals surface area contributed by atoms with Crippen LogP contribution in [0.4, 0.5) is 0 Å². The van der Waals surface area contributed by atoms with E-state index in [9.17, 15) is 14.4 Å². The van der Waals surface area contributed by atoms with Crippen molar-refractivity contribution in [2.45, 2.75) is 26.2 Å². The highest BCUT2D eigenvalue weighted by molar-refractivity contribution is 8.14. The summed E-state index contributed by atoms with van der Waals surface area (Å²) in [6, 6.07) is 8.93. The summed E-state index contributed by atoms with van der Waals surface area (Å²) in [7, 11) is 0. The van der Waals surface area contributed by atoms with Crippen molar-refractivity contribution in [2.24, 2.45) is 5.92 Å². The zero-order valence-corrected chi connectivity index (χ0v) is 15.2. The van der Waals surface area contributed by atoms with Crippen molar-refractivity contribution in [3.05, 3.63) is 35.9 Å². The molecular weight excluding hydrogens is 340 g/mol. The van der Waals surface area contributed by atoms with Crippen LogP contribution in [-0.2, 0) is 9.59 Å². The average Bonchev–Trinajstić information content (AvgIpc) is 2.64. The van der Waals surface area contributed by atoms with Crippen LogP contribution in [-0.4, -0.2) is 57.5 Å². The predicted molar refractivity (Wildman–Crippen MR) is 97.2 cm³/mol. The van der Waals surface area contributed by atoms with Gasteiger partial charge in [0.2, 0.25) is 11.0 Å². The lowest BCUT2D eigenvalue weighted by Crippen LogP contribution is -2.52. The maximum atomic E-state index is 12.7. The number of hydrazine groups is 1. The number of carbonyl (C=O) groups excluding carboxylic acids is 2. The second-order valence-electron chi connectivity index (χ2n) is 6.17. The van der Waals surface area contributed by atoms with Crippen molar-refractivity contribution in [3.8, 4) is 0 Å². The summed E-state index contributed by atoms with van der Waals surface area (Å²) in [4.78, 5) is 36.0. The maximum absolute atomic E-state index is 12.7. The Morgan fingerprint density at radius 1 is 1.16 bits per heavy atom. The molecule has 25 heavy (non-hydrogen) atoms.